The van der Waals surface area contributed by atoms with Gasteiger partial charge in [-0.3, -0.25) is 0 Å². The highest BCUT2D eigenvalue weighted by Gasteiger charge is 2.30. The van der Waals surface area contributed by atoms with E-state index in [9.17, 15) is 0 Å². The first-order valence-corrected chi connectivity index (χ1v) is 8.47. The summed E-state index contributed by atoms with van der Waals surface area (Å²) in [5, 5.41) is 4.31. The molecule has 0 aromatic heterocycles. The Morgan fingerprint density at radius 1 is 1.14 bits per heavy atom. The maximum atomic E-state index is 6.08. The molecule has 2 nitrogen and oxygen atoms in total. The normalized spacial score (nSPS) is 20.5. The predicted molar refractivity (Wildman–Crippen MR) is 93.9 cm³/mol. The van der Waals surface area contributed by atoms with Gasteiger partial charge in [-0.1, -0.05) is 23.7 Å². The lowest BCUT2D eigenvalue weighted by molar-refractivity contribution is 0.612. The second-order valence-corrected chi connectivity index (χ2v) is 6.83. The summed E-state index contributed by atoms with van der Waals surface area (Å²) in [6.07, 6.45) is 2.42. The van der Waals surface area contributed by atoms with Crippen molar-refractivity contribution in [3.05, 3.63) is 52.5 Å². The number of hydrogen-bond donors (Lipinski definition) is 1. The molecule has 1 N–H and O–H groups in total. The van der Waals surface area contributed by atoms with Crippen molar-refractivity contribution in [1.82, 2.24) is 5.32 Å². The van der Waals surface area contributed by atoms with Gasteiger partial charge in [0.15, 0.2) is 0 Å². The topological polar surface area (TPSA) is 15.3 Å². The van der Waals surface area contributed by atoms with Crippen molar-refractivity contribution in [3.8, 4) is 11.1 Å². The fraction of sp³-hybridized carbons (Fsp3) is 0.368. The SMILES string of the molecule is Cc1cc(Cl)ccc1-c1ccc2c(c1)CC1CCNCCN21. The standard InChI is InChI=1S/C19H21ClN2/c1-13-10-16(20)3-4-18(13)14-2-5-19-15(11-14)12-17-6-7-21-8-9-22(17)19/h2-5,10-11,17,21H,6-9,12H2,1H3. The van der Waals surface area contributed by atoms with E-state index in [0.29, 0.717) is 6.04 Å². The number of rotatable bonds is 1. The van der Waals surface area contributed by atoms with E-state index in [1.165, 1.54) is 40.8 Å². The van der Waals surface area contributed by atoms with Crippen molar-refractivity contribution < 1.29 is 0 Å². The van der Waals surface area contributed by atoms with Crippen molar-refractivity contribution in [2.24, 2.45) is 0 Å². The zero-order valence-electron chi connectivity index (χ0n) is 12.9. The molecule has 22 heavy (non-hydrogen) atoms. The molecule has 2 aliphatic heterocycles. The zero-order valence-corrected chi connectivity index (χ0v) is 13.7. The van der Waals surface area contributed by atoms with Crippen molar-refractivity contribution in [2.75, 3.05) is 24.5 Å². The summed E-state index contributed by atoms with van der Waals surface area (Å²) in [5.74, 6) is 0. The second kappa shape index (κ2) is 5.60. The lowest BCUT2D eigenvalue weighted by atomic mass is 9.97. The van der Waals surface area contributed by atoms with Crippen LogP contribution >= 0.6 is 11.6 Å². The molecule has 0 radical (unpaired) electrons. The van der Waals surface area contributed by atoms with Crippen molar-refractivity contribution in [3.63, 3.8) is 0 Å². The van der Waals surface area contributed by atoms with Crippen LogP contribution in [0.25, 0.3) is 11.1 Å². The molecule has 2 aromatic carbocycles. The van der Waals surface area contributed by atoms with Gasteiger partial charge in [0.2, 0.25) is 0 Å². The Hall–Kier alpha value is -1.51. The average Bonchev–Trinajstić information content (AvgIpc) is 2.68. The van der Waals surface area contributed by atoms with E-state index in [-0.39, 0.29) is 0 Å². The maximum Gasteiger partial charge on any atom is 0.0409 e. The van der Waals surface area contributed by atoms with E-state index in [0.717, 1.165) is 24.7 Å². The van der Waals surface area contributed by atoms with Gasteiger partial charge in [-0.25, -0.2) is 0 Å². The number of nitrogens with zero attached hydrogens (tertiary/aromatic N) is 1. The Balaban J connectivity index is 1.71. The first kappa shape index (κ1) is 14.1. The van der Waals surface area contributed by atoms with Crippen LogP contribution in [0.15, 0.2) is 36.4 Å². The molecule has 0 amide bonds. The number of halogens is 1. The highest BCUT2D eigenvalue weighted by molar-refractivity contribution is 6.30. The smallest absolute Gasteiger partial charge is 0.0409 e. The largest absolute Gasteiger partial charge is 0.367 e. The molecular formula is C19H21ClN2. The van der Waals surface area contributed by atoms with Gasteiger partial charge in [-0.15, -0.1) is 0 Å². The third-order valence-corrected chi connectivity index (χ3v) is 5.20. The van der Waals surface area contributed by atoms with E-state index in [2.05, 4.69) is 41.4 Å². The molecule has 1 saturated heterocycles. The molecule has 1 unspecified atom stereocenters. The third kappa shape index (κ3) is 2.41. The highest BCUT2D eigenvalue weighted by atomic mass is 35.5. The summed E-state index contributed by atoms with van der Waals surface area (Å²) in [6, 6.07) is 13.8. The number of hydrogen-bond acceptors (Lipinski definition) is 2. The van der Waals surface area contributed by atoms with Gasteiger partial charge < -0.3 is 10.2 Å². The molecule has 2 heterocycles. The van der Waals surface area contributed by atoms with Gasteiger partial charge in [0.1, 0.15) is 0 Å². The molecule has 114 valence electrons. The van der Waals surface area contributed by atoms with Crippen molar-refractivity contribution in [2.45, 2.75) is 25.8 Å². The van der Waals surface area contributed by atoms with Crippen LogP contribution in [-0.2, 0) is 6.42 Å². The minimum atomic E-state index is 0.673. The molecule has 1 atom stereocenters. The van der Waals surface area contributed by atoms with Gasteiger partial charge in [0, 0.05) is 29.8 Å². The van der Waals surface area contributed by atoms with E-state index in [1.54, 1.807) is 0 Å². The summed E-state index contributed by atoms with van der Waals surface area (Å²) in [4.78, 5) is 2.59. The maximum absolute atomic E-state index is 6.08. The number of anilines is 1. The predicted octanol–water partition coefficient (Wildman–Crippen LogP) is 4.04. The molecular weight excluding hydrogens is 292 g/mol. The molecule has 3 heteroatoms. The third-order valence-electron chi connectivity index (χ3n) is 4.97. The number of benzene rings is 2. The Bertz CT molecular complexity index is 711. The van der Waals surface area contributed by atoms with Crippen molar-refractivity contribution in [1.29, 1.82) is 0 Å². The summed E-state index contributed by atoms with van der Waals surface area (Å²) in [6.45, 7) is 5.48. The van der Waals surface area contributed by atoms with Crippen LogP contribution in [0.3, 0.4) is 0 Å². The Morgan fingerprint density at radius 2 is 2.05 bits per heavy atom. The van der Waals surface area contributed by atoms with Crippen LogP contribution in [0.1, 0.15) is 17.5 Å². The van der Waals surface area contributed by atoms with Gasteiger partial charge in [0.25, 0.3) is 0 Å². The molecule has 2 aliphatic rings. The second-order valence-electron chi connectivity index (χ2n) is 6.39. The molecule has 0 aliphatic carbocycles. The minimum absolute atomic E-state index is 0.673. The Labute approximate surface area is 137 Å². The minimum Gasteiger partial charge on any atom is -0.367 e. The lowest BCUT2D eigenvalue weighted by Crippen LogP contribution is -2.32. The first-order chi connectivity index (χ1) is 10.7. The van der Waals surface area contributed by atoms with Crippen LogP contribution in [0.2, 0.25) is 5.02 Å². The molecule has 2 aromatic rings. The molecule has 0 saturated carbocycles. The van der Waals surface area contributed by atoms with Gasteiger partial charge in [-0.2, -0.15) is 0 Å². The van der Waals surface area contributed by atoms with Crippen LogP contribution < -0.4 is 10.2 Å². The van der Waals surface area contributed by atoms with Crippen LogP contribution in [0.5, 0.6) is 0 Å². The number of nitrogens with one attached hydrogen (secondary N) is 1. The van der Waals surface area contributed by atoms with Gasteiger partial charge in [-0.05, 0) is 72.8 Å². The summed E-state index contributed by atoms with van der Waals surface area (Å²) in [7, 11) is 0. The van der Waals surface area contributed by atoms with Crippen molar-refractivity contribution >= 4 is 17.3 Å². The summed E-state index contributed by atoms with van der Waals surface area (Å²) in [5.41, 5.74) is 6.77. The van der Waals surface area contributed by atoms with E-state index >= 15 is 0 Å². The Morgan fingerprint density at radius 3 is 2.91 bits per heavy atom. The molecule has 1 fully saturated rings. The van der Waals surface area contributed by atoms with Gasteiger partial charge in [0.05, 0.1) is 0 Å². The lowest BCUT2D eigenvalue weighted by Gasteiger charge is -2.24. The summed E-state index contributed by atoms with van der Waals surface area (Å²) < 4.78 is 0. The molecule has 4 rings (SSSR count). The molecule has 0 bridgehead atoms. The van der Waals surface area contributed by atoms with Crippen LogP contribution in [-0.4, -0.2) is 25.7 Å². The molecule has 0 spiro atoms. The monoisotopic (exact) mass is 312 g/mol. The quantitative estimate of drug-likeness (QED) is 0.855. The first-order valence-electron chi connectivity index (χ1n) is 8.09. The van der Waals surface area contributed by atoms with Crippen LogP contribution in [0, 0.1) is 6.92 Å². The fourth-order valence-electron chi connectivity index (χ4n) is 3.86. The highest BCUT2D eigenvalue weighted by Crippen LogP contribution is 2.37. The van der Waals surface area contributed by atoms with Gasteiger partial charge >= 0.3 is 0 Å². The van der Waals surface area contributed by atoms with E-state index in [4.69, 9.17) is 11.6 Å². The average molecular weight is 313 g/mol. The fourth-order valence-corrected chi connectivity index (χ4v) is 4.09. The number of aryl methyl sites for hydroxylation is 1. The number of fused-ring (bicyclic) bond motifs is 3. The zero-order chi connectivity index (χ0) is 15.1. The summed E-state index contributed by atoms with van der Waals surface area (Å²) >= 11 is 6.08. The van der Waals surface area contributed by atoms with E-state index < -0.39 is 0 Å². The Kier molecular flexibility index (Phi) is 3.59. The van der Waals surface area contributed by atoms with E-state index in [1.807, 2.05) is 12.1 Å². The van der Waals surface area contributed by atoms with Crippen LogP contribution in [0.4, 0.5) is 5.69 Å².